The summed E-state index contributed by atoms with van der Waals surface area (Å²) in [7, 11) is 0. The maximum Gasteiger partial charge on any atom is 0.407 e. The van der Waals surface area contributed by atoms with Gasteiger partial charge in [-0.2, -0.15) is 14.6 Å². The lowest BCUT2D eigenvalue weighted by Crippen LogP contribution is -2.46. The normalized spacial score (nSPS) is 16.4. The molecular formula is C16H24N6O2. The Hall–Kier alpha value is -2.38. The molecule has 1 fully saturated rings. The lowest BCUT2D eigenvalue weighted by molar-refractivity contribution is 0.0497. The van der Waals surface area contributed by atoms with E-state index in [2.05, 4.69) is 25.3 Å². The van der Waals surface area contributed by atoms with Crippen molar-refractivity contribution in [1.82, 2.24) is 24.9 Å². The van der Waals surface area contributed by atoms with Gasteiger partial charge in [-0.15, -0.1) is 0 Å². The van der Waals surface area contributed by atoms with Crippen LogP contribution in [0.25, 0.3) is 5.78 Å². The Balaban J connectivity index is 1.62. The number of fused-ring (bicyclic) bond motifs is 1. The van der Waals surface area contributed by atoms with Gasteiger partial charge in [-0.25, -0.2) is 9.78 Å². The molecule has 1 aliphatic rings. The molecule has 1 amide bonds. The van der Waals surface area contributed by atoms with Gasteiger partial charge in [0.1, 0.15) is 17.7 Å². The zero-order chi connectivity index (χ0) is 17.3. The number of hydrogen-bond acceptors (Lipinski definition) is 6. The van der Waals surface area contributed by atoms with Crippen LogP contribution in [0.3, 0.4) is 0 Å². The molecule has 130 valence electrons. The van der Waals surface area contributed by atoms with Crippen LogP contribution >= 0.6 is 0 Å². The number of nitrogens with zero attached hydrogens (tertiary/aromatic N) is 5. The number of alkyl carbamates (subject to hydrolysis) is 1. The minimum Gasteiger partial charge on any atom is -0.444 e. The van der Waals surface area contributed by atoms with Crippen LogP contribution in [-0.2, 0) is 4.74 Å². The monoisotopic (exact) mass is 332 g/mol. The average molecular weight is 332 g/mol. The number of aryl methyl sites for hydroxylation is 1. The van der Waals surface area contributed by atoms with Gasteiger partial charge < -0.3 is 15.0 Å². The third kappa shape index (κ3) is 3.74. The lowest BCUT2D eigenvalue weighted by atomic mass is 10.1. The molecule has 2 aromatic rings. The van der Waals surface area contributed by atoms with Gasteiger partial charge in [0.2, 0.25) is 0 Å². The molecular weight excluding hydrogens is 308 g/mol. The number of carbonyl (C=O) groups is 1. The summed E-state index contributed by atoms with van der Waals surface area (Å²) < 4.78 is 7.08. The Bertz CT molecular complexity index is 728. The Labute approximate surface area is 141 Å². The van der Waals surface area contributed by atoms with Gasteiger partial charge in [0.05, 0.1) is 0 Å². The summed E-state index contributed by atoms with van der Waals surface area (Å²) in [6, 6.07) is 2.15. The van der Waals surface area contributed by atoms with E-state index in [1.807, 2.05) is 33.8 Å². The quantitative estimate of drug-likeness (QED) is 0.904. The van der Waals surface area contributed by atoms with Crippen LogP contribution in [0.15, 0.2) is 12.4 Å². The predicted molar refractivity (Wildman–Crippen MR) is 90.1 cm³/mol. The number of nitrogens with one attached hydrogen (secondary N) is 1. The minimum absolute atomic E-state index is 0.130. The average Bonchev–Trinajstić information content (AvgIpc) is 2.93. The van der Waals surface area contributed by atoms with Crippen molar-refractivity contribution in [3.63, 3.8) is 0 Å². The summed E-state index contributed by atoms with van der Waals surface area (Å²) in [5.74, 6) is 1.60. The molecule has 0 aliphatic carbocycles. The summed E-state index contributed by atoms with van der Waals surface area (Å²) in [5, 5.41) is 7.21. The van der Waals surface area contributed by atoms with Crippen LogP contribution in [-0.4, -0.2) is 50.4 Å². The van der Waals surface area contributed by atoms with Gasteiger partial charge in [0, 0.05) is 30.9 Å². The molecule has 1 saturated heterocycles. The van der Waals surface area contributed by atoms with E-state index in [0.29, 0.717) is 5.78 Å². The number of anilines is 1. The van der Waals surface area contributed by atoms with Crippen molar-refractivity contribution in [2.24, 2.45) is 0 Å². The molecule has 0 radical (unpaired) electrons. The first-order valence-corrected chi connectivity index (χ1v) is 8.24. The molecule has 1 N–H and O–H groups in total. The van der Waals surface area contributed by atoms with E-state index in [1.165, 1.54) is 6.33 Å². The third-order valence-electron chi connectivity index (χ3n) is 3.90. The van der Waals surface area contributed by atoms with E-state index in [0.717, 1.165) is 37.4 Å². The van der Waals surface area contributed by atoms with Gasteiger partial charge in [0.25, 0.3) is 5.78 Å². The van der Waals surface area contributed by atoms with Crippen LogP contribution in [0.1, 0.15) is 39.3 Å². The number of aromatic nitrogens is 4. The summed E-state index contributed by atoms with van der Waals surface area (Å²) in [4.78, 5) is 22.7. The summed E-state index contributed by atoms with van der Waals surface area (Å²) in [5.41, 5.74) is 0.442. The van der Waals surface area contributed by atoms with Crippen molar-refractivity contribution in [1.29, 1.82) is 0 Å². The second kappa shape index (κ2) is 6.26. The van der Waals surface area contributed by atoms with Gasteiger partial charge >= 0.3 is 6.09 Å². The lowest BCUT2D eigenvalue weighted by Gasteiger charge is -2.34. The third-order valence-corrected chi connectivity index (χ3v) is 3.90. The Morgan fingerprint density at radius 1 is 1.33 bits per heavy atom. The molecule has 0 aromatic carbocycles. The van der Waals surface area contributed by atoms with E-state index in [1.54, 1.807) is 4.52 Å². The summed E-state index contributed by atoms with van der Waals surface area (Å²) in [6.45, 7) is 9.21. The summed E-state index contributed by atoms with van der Waals surface area (Å²) >= 11 is 0. The predicted octanol–water partition coefficient (Wildman–Crippen LogP) is 1.93. The van der Waals surface area contributed by atoms with Crippen molar-refractivity contribution >= 4 is 17.7 Å². The van der Waals surface area contributed by atoms with Crippen LogP contribution in [0.5, 0.6) is 0 Å². The molecule has 3 heterocycles. The van der Waals surface area contributed by atoms with Gasteiger partial charge in [0.15, 0.2) is 0 Å². The van der Waals surface area contributed by atoms with E-state index >= 15 is 0 Å². The number of carbonyl (C=O) groups excluding carboxylic acids is 1. The second-order valence-electron chi connectivity index (χ2n) is 7.14. The van der Waals surface area contributed by atoms with Crippen LogP contribution in [0, 0.1) is 6.92 Å². The highest BCUT2D eigenvalue weighted by atomic mass is 16.6. The fraction of sp³-hybridized carbons (Fsp3) is 0.625. The molecule has 0 spiro atoms. The molecule has 8 heteroatoms. The fourth-order valence-electron chi connectivity index (χ4n) is 2.86. The minimum atomic E-state index is -0.474. The topological polar surface area (TPSA) is 84.7 Å². The smallest absolute Gasteiger partial charge is 0.407 e. The van der Waals surface area contributed by atoms with E-state index in [-0.39, 0.29) is 12.1 Å². The second-order valence-corrected chi connectivity index (χ2v) is 7.14. The Morgan fingerprint density at radius 3 is 2.71 bits per heavy atom. The first-order chi connectivity index (χ1) is 11.3. The van der Waals surface area contributed by atoms with Gasteiger partial charge in [-0.1, -0.05) is 0 Å². The van der Waals surface area contributed by atoms with Crippen LogP contribution < -0.4 is 10.2 Å². The Morgan fingerprint density at radius 2 is 2.04 bits per heavy atom. The molecule has 0 atom stereocenters. The first kappa shape index (κ1) is 16.5. The molecule has 0 bridgehead atoms. The maximum absolute atomic E-state index is 11.9. The molecule has 24 heavy (non-hydrogen) atoms. The fourth-order valence-corrected chi connectivity index (χ4v) is 2.86. The van der Waals surface area contributed by atoms with Crippen LogP contribution in [0.2, 0.25) is 0 Å². The maximum atomic E-state index is 11.9. The number of rotatable bonds is 2. The van der Waals surface area contributed by atoms with E-state index in [4.69, 9.17) is 4.74 Å². The van der Waals surface area contributed by atoms with Gasteiger partial charge in [-0.05, 0) is 40.5 Å². The number of ether oxygens (including phenoxy) is 1. The number of amides is 1. The van der Waals surface area contributed by atoms with Crippen molar-refractivity contribution < 1.29 is 9.53 Å². The molecule has 1 aliphatic heterocycles. The van der Waals surface area contributed by atoms with Crippen LogP contribution in [0.4, 0.5) is 10.6 Å². The SMILES string of the molecule is Cc1cc(N2CCC(NC(=O)OC(C)(C)C)CC2)n2ncnc2n1. The molecule has 2 aromatic heterocycles. The number of hydrogen-bond donors (Lipinski definition) is 1. The number of piperidine rings is 1. The molecule has 3 rings (SSSR count). The summed E-state index contributed by atoms with van der Waals surface area (Å²) in [6.07, 6.45) is 2.88. The van der Waals surface area contributed by atoms with E-state index < -0.39 is 5.60 Å². The van der Waals surface area contributed by atoms with Crippen molar-refractivity contribution in [3.8, 4) is 0 Å². The molecule has 8 nitrogen and oxygen atoms in total. The first-order valence-electron chi connectivity index (χ1n) is 8.24. The highest BCUT2D eigenvalue weighted by Crippen LogP contribution is 2.21. The molecule has 0 unspecified atom stereocenters. The van der Waals surface area contributed by atoms with Crippen molar-refractivity contribution in [2.45, 2.75) is 52.2 Å². The zero-order valence-corrected chi connectivity index (χ0v) is 14.6. The largest absolute Gasteiger partial charge is 0.444 e. The zero-order valence-electron chi connectivity index (χ0n) is 14.6. The standard InChI is InChI=1S/C16H24N6O2/c1-11-9-13(22-14(19-11)17-10-18-22)21-7-5-12(6-8-21)20-15(23)24-16(2,3)4/h9-10,12H,5-8H2,1-4H3,(H,20,23). The highest BCUT2D eigenvalue weighted by Gasteiger charge is 2.25. The Kier molecular flexibility index (Phi) is 4.29. The molecule has 0 saturated carbocycles. The van der Waals surface area contributed by atoms with Crippen molar-refractivity contribution in [2.75, 3.05) is 18.0 Å². The van der Waals surface area contributed by atoms with Crippen molar-refractivity contribution in [3.05, 3.63) is 18.1 Å². The van der Waals surface area contributed by atoms with E-state index in [9.17, 15) is 4.79 Å². The van der Waals surface area contributed by atoms with Gasteiger partial charge in [-0.3, -0.25) is 0 Å². The highest BCUT2D eigenvalue weighted by molar-refractivity contribution is 5.68.